The van der Waals surface area contributed by atoms with Crippen molar-refractivity contribution >= 4 is 17.4 Å². The van der Waals surface area contributed by atoms with Crippen molar-refractivity contribution in [2.75, 3.05) is 21.3 Å². The molecule has 0 aromatic heterocycles. The van der Waals surface area contributed by atoms with E-state index in [4.69, 9.17) is 30.5 Å². The third-order valence-electron chi connectivity index (χ3n) is 4.64. The Kier molecular flexibility index (Phi) is 4.13. The van der Waals surface area contributed by atoms with Crippen molar-refractivity contribution in [3.05, 3.63) is 28.5 Å². The summed E-state index contributed by atoms with van der Waals surface area (Å²) in [4.78, 5) is 13.3. The first-order valence-corrected chi connectivity index (χ1v) is 7.91. The van der Waals surface area contributed by atoms with Gasteiger partial charge in [-0.25, -0.2) is 0 Å². The van der Waals surface area contributed by atoms with Crippen LogP contribution in [0.3, 0.4) is 0 Å². The Morgan fingerprint density at radius 3 is 2.50 bits per heavy atom. The average Bonchev–Trinajstić information content (AvgIpc) is 2.87. The molecule has 0 amide bonds. The van der Waals surface area contributed by atoms with E-state index in [0.717, 1.165) is 0 Å². The number of Topliss-reactive ketones (excluding diaryl/α,β-unsaturated/α-hetero) is 1. The van der Waals surface area contributed by atoms with Gasteiger partial charge in [0.2, 0.25) is 11.4 Å². The highest BCUT2D eigenvalue weighted by atomic mass is 35.5. The molecule has 0 radical (unpaired) electrons. The molecule has 0 saturated carbocycles. The van der Waals surface area contributed by atoms with Crippen molar-refractivity contribution in [3.63, 3.8) is 0 Å². The van der Waals surface area contributed by atoms with E-state index in [2.05, 4.69) is 0 Å². The van der Waals surface area contributed by atoms with Crippen molar-refractivity contribution in [1.29, 1.82) is 0 Å². The van der Waals surface area contributed by atoms with Crippen LogP contribution in [-0.2, 0) is 4.74 Å². The third-order valence-corrected chi connectivity index (χ3v) is 5.00. The smallest absolute Gasteiger partial charge is 0.230 e. The molecule has 6 nitrogen and oxygen atoms in total. The van der Waals surface area contributed by atoms with E-state index < -0.39 is 11.7 Å². The molecule has 0 fully saturated rings. The lowest BCUT2D eigenvalue weighted by Crippen LogP contribution is -2.52. The first kappa shape index (κ1) is 16.9. The van der Waals surface area contributed by atoms with Crippen molar-refractivity contribution in [2.24, 2.45) is 5.92 Å². The Labute approximate surface area is 144 Å². The molecule has 3 atom stereocenters. The number of benzene rings is 1. The molecule has 1 aromatic carbocycles. The summed E-state index contributed by atoms with van der Waals surface area (Å²) in [5.74, 6) is 0.534. The topological polar surface area (TPSA) is 74.2 Å². The van der Waals surface area contributed by atoms with Crippen LogP contribution in [0.5, 0.6) is 17.2 Å². The number of carbonyl (C=O) groups is 1. The van der Waals surface area contributed by atoms with E-state index in [1.807, 2.05) is 6.92 Å². The van der Waals surface area contributed by atoms with Gasteiger partial charge in [-0.05, 0) is 12.5 Å². The predicted molar refractivity (Wildman–Crippen MR) is 87.1 cm³/mol. The summed E-state index contributed by atoms with van der Waals surface area (Å²) in [5.41, 5.74) is -1.10. The van der Waals surface area contributed by atoms with Gasteiger partial charge in [-0.1, -0.05) is 18.5 Å². The fraction of sp³-hybridized carbons (Fsp3) is 0.471. The highest BCUT2D eigenvalue weighted by molar-refractivity contribution is 6.35. The predicted octanol–water partition coefficient (Wildman–Crippen LogP) is 2.60. The molecule has 2 aliphatic rings. The van der Waals surface area contributed by atoms with E-state index in [1.54, 1.807) is 6.07 Å². The molecule has 1 aliphatic carbocycles. The van der Waals surface area contributed by atoms with Gasteiger partial charge in [0.05, 0.1) is 27.4 Å². The second kappa shape index (κ2) is 5.86. The Bertz CT molecular complexity index is 728. The number of hydrogen-bond donors (Lipinski definition) is 1. The molecule has 7 heteroatoms. The maximum atomic E-state index is 13.3. The zero-order chi connectivity index (χ0) is 17.6. The van der Waals surface area contributed by atoms with Gasteiger partial charge in [0, 0.05) is 12.0 Å². The van der Waals surface area contributed by atoms with E-state index >= 15 is 0 Å². The largest absolute Gasteiger partial charge is 0.497 e. The van der Waals surface area contributed by atoms with Gasteiger partial charge in [-0.3, -0.25) is 4.79 Å². The van der Waals surface area contributed by atoms with Gasteiger partial charge in [-0.2, -0.15) is 0 Å². The average molecular weight is 355 g/mol. The summed E-state index contributed by atoms with van der Waals surface area (Å²) in [7, 11) is 4.37. The SMILES string of the molecule is COC1=C[C@H](O)C[C@H](C)[C@@]12Oc1c(Cl)c(OC)cc(OC)c1C2=O. The summed E-state index contributed by atoms with van der Waals surface area (Å²) < 4.78 is 22.0. The molecular formula is C17H19ClO6. The zero-order valence-corrected chi connectivity index (χ0v) is 14.6. The number of fused-ring (bicyclic) bond motifs is 1. The van der Waals surface area contributed by atoms with Gasteiger partial charge in [0.15, 0.2) is 5.75 Å². The Morgan fingerprint density at radius 1 is 1.25 bits per heavy atom. The molecule has 1 spiro atoms. The normalized spacial score (nSPS) is 28.2. The number of hydrogen-bond acceptors (Lipinski definition) is 6. The van der Waals surface area contributed by atoms with Crippen molar-refractivity contribution in [1.82, 2.24) is 0 Å². The minimum absolute atomic E-state index is 0.201. The number of ketones is 1. The number of ether oxygens (including phenoxy) is 4. The van der Waals surface area contributed by atoms with Crippen LogP contribution < -0.4 is 14.2 Å². The Hall–Kier alpha value is -1.92. The van der Waals surface area contributed by atoms with Crippen LogP contribution in [-0.4, -0.2) is 43.9 Å². The van der Waals surface area contributed by atoms with E-state index in [-0.39, 0.29) is 33.8 Å². The molecule has 1 aromatic rings. The summed E-state index contributed by atoms with van der Waals surface area (Å²) in [6, 6.07) is 1.56. The number of halogens is 1. The fourth-order valence-electron chi connectivity index (χ4n) is 3.45. The lowest BCUT2D eigenvalue weighted by atomic mass is 9.75. The molecule has 0 unspecified atom stereocenters. The van der Waals surface area contributed by atoms with Crippen LogP contribution in [0, 0.1) is 5.92 Å². The number of aliphatic hydroxyl groups is 1. The minimum atomic E-state index is -1.36. The van der Waals surface area contributed by atoms with Crippen LogP contribution in [0.25, 0.3) is 0 Å². The Morgan fingerprint density at radius 2 is 1.92 bits per heavy atom. The molecule has 1 N–H and O–H groups in total. The Balaban J connectivity index is 2.24. The van der Waals surface area contributed by atoms with Gasteiger partial charge in [-0.15, -0.1) is 0 Å². The maximum absolute atomic E-state index is 13.3. The quantitative estimate of drug-likeness (QED) is 0.899. The first-order valence-electron chi connectivity index (χ1n) is 7.53. The lowest BCUT2D eigenvalue weighted by Gasteiger charge is -2.38. The molecule has 1 heterocycles. The monoisotopic (exact) mass is 354 g/mol. The minimum Gasteiger partial charge on any atom is -0.497 e. The zero-order valence-electron chi connectivity index (χ0n) is 13.9. The van der Waals surface area contributed by atoms with E-state index in [0.29, 0.717) is 17.9 Å². The summed E-state index contributed by atoms with van der Waals surface area (Å²) in [6.07, 6.45) is 1.16. The van der Waals surface area contributed by atoms with Gasteiger partial charge >= 0.3 is 0 Å². The van der Waals surface area contributed by atoms with Crippen LogP contribution in [0.4, 0.5) is 0 Å². The van der Waals surface area contributed by atoms with E-state index in [9.17, 15) is 9.90 Å². The highest BCUT2D eigenvalue weighted by Gasteiger charge is 2.59. The first-order chi connectivity index (χ1) is 11.4. The second-order valence-corrected chi connectivity index (χ2v) is 6.28. The second-order valence-electron chi connectivity index (χ2n) is 5.91. The van der Waals surface area contributed by atoms with Gasteiger partial charge < -0.3 is 24.1 Å². The number of methoxy groups -OCH3 is 3. The van der Waals surface area contributed by atoms with Gasteiger partial charge in [0.25, 0.3) is 0 Å². The summed E-state index contributed by atoms with van der Waals surface area (Å²) in [5, 5.41) is 10.2. The molecule has 24 heavy (non-hydrogen) atoms. The number of aliphatic hydroxyl groups excluding tert-OH is 1. The lowest BCUT2D eigenvalue weighted by molar-refractivity contribution is -0.00265. The van der Waals surface area contributed by atoms with Crippen LogP contribution in [0.15, 0.2) is 17.9 Å². The maximum Gasteiger partial charge on any atom is 0.230 e. The highest BCUT2D eigenvalue weighted by Crippen LogP contribution is 2.54. The molecule has 0 saturated heterocycles. The van der Waals surface area contributed by atoms with Crippen LogP contribution >= 0.6 is 11.6 Å². The molecule has 130 valence electrons. The van der Waals surface area contributed by atoms with Crippen LogP contribution in [0.1, 0.15) is 23.7 Å². The summed E-state index contributed by atoms with van der Waals surface area (Å²) in [6.45, 7) is 1.83. The number of rotatable bonds is 3. The van der Waals surface area contributed by atoms with Gasteiger partial charge in [0.1, 0.15) is 27.8 Å². The molecule has 3 rings (SSSR count). The van der Waals surface area contributed by atoms with Crippen molar-refractivity contribution in [3.8, 4) is 17.2 Å². The fourth-order valence-corrected chi connectivity index (χ4v) is 3.71. The summed E-state index contributed by atoms with van der Waals surface area (Å²) >= 11 is 6.35. The molecular weight excluding hydrogens is 336 g/mol. The van der Waals surface area contributed by atoms with E-state index in [1.165, 1.54) is 27.4 Å². The molecule has 1 aliphatic heterocycles. The molecule has 0 bridgehead atoms. The van der Waals surface area contributed by atoms with Crippen LogP contribution in [0.2, 0.25) is 5.02 Å². The van der Waals surface area contributed by atoms with Crippen molar-refractivity contribution < 1.29 is 28.8 Å². The number of carbonyl (C=O) groups excluding carboxylic acids is 1. The standard InChI is InChI=1S/C17H19ClO6/c1-8-5-9(19)6-12(23-4)17(8)16(20)13-10(21-2)7-11(22-3)14(18)15(13)24-17/h6-9,19H,5H2,1-4H3/t8-,9+,17+/m0/s1. The third kappa shape index (κ3) is 2.09. The van der Waals surface area contributed by atoms with Crippen molar-refractivity contribution in [2.45, 2.75) is 25.0 Å².